The van der Waals surface area contributed by atoms with Gasteiger partial charge in [0.25, 0.3) is 0 Å². The van der Waals surface area contributed by atoms with Crippen LogP contribution in [0.1, 0.15) is 71.6 Å². The normalized spacial score (nSPS) is 49.0. The molecule has 0 bridgehead atoms. The molecule has 0 aliphatic heterocycles. The number of carboxylic acids is 1. The predicted octanol–water partition coefficient (Wildman–Crippen LogP) is 3.72. The highest BCUT2D eigenvalue weighted by atomic mass is 16.4. The van der Waals surface area contributed by atoms with Crippen LogP contribution in [0.5, 0.6) is 0 Å². The van der Waals surface area contributed by atoms with Crippen LogP contribution in [-0.2, 0) is 9.59 Å². The van der Waals surface area contributed by atoms with Crippen molar-refractivity contribution in [2.45, 2.75) is 77.2 Å². The third-order valence-corrected chi connectivity index (χ3v) is 8.73. The fourth-order valence-electron chi connectivity index (χ4n) is 7.21. The molecule has 4 rings (SSSR count). The van der Waals surface area contributed by atoms with Crippen molar-refractivity contribution < 1.29 is 19.8 Å². The Morgan fingerprint density at radius 3 is 2.56 bits per heavy atom. The average Bonchev–Trinajstić information content (AvgIpc) is 2.79. The number of hydrogen-bond acceptors (Lipinski definition) is 3. The van der Waals surface area contributed by atoms with Crippen LogP contribution in [0.15, 0.2) is 11.6 Å². The topological polar surface area (TPSA) is 74.6 Å². The van der Waals surface area contributed by atoms with E-state index in [4.69, 9.17) is 0 Å². The molecule has 138 valence electrons. The van der Waals surface area contributed by atoms with Gasteiger partial charge in [-0.3, -0.25) is 9.59 Å². The SMILES string of the molecule is C[C@]12CCC(=O)C=C1CC[C@@H]1[C@@H]2CC[C@@]2(C)[C@H]1CCC2(O)CC(=O)O. The zero-order valence-corrected chi connectivity index (χ0v) is 15.4. The lowest BCUT2D eigenvalue weighted by Gasteiger charge is -2.59. The molecule has 0 saturated heterocycles. The second-order valence-electron chi connectivity index (χ2n) is 9.57. The molecule has 0 radical (unpaired) electrons. The number of aliphatic carboxylic acids is 1. The predicted molar refractivity (Wildman–Crippen MR) is 93.9 cm³/mol. The van der Waals surface area contributed by atoms with E-state index in [0.717, 1.165) is 38.5 Å². The van der Waals surface area contributed by atoms with Gasteiger partial charge < -0.3 is 10.2 Å². The minimum absolute atomic E-state index is 0.131. The lowest BCUT2D eigenvalue weighted by atomic mass is 9.46. The zero-order valence-electron chi connectivity index (χ0n) is 15.4. The summed E-state index contributed by atoms with van der Waals surface area (Å²) < 4.78 is 0. The van der Waals surface area contributed by atoms with Crippen LogP contribution < -0.4 is 0 Å². The summed E-state index contributed by atoms with van der Waals surface area (Å²) in [5.74, 6) is 0.927. The van der Waals surface area contributed by atoms with Crippen LogP contribution in [0.3, 0.4) is 0 Å². The summed E-state index contributed by atoms with van der Waals surface area (Å²) in [6, 6.07) is 0. The van der Waals surface area contributed by atoms with Crippen molar-refractivity contribution in [2.24, 2.45) is 28.6 Å². The third-order valence-electron chi connectivity index (χ3n) is 8.73. The molecule has 25 heavy (non-hydrogen) atoms. The minimum Gasteiger partial charge on any atom is -0.481 e. The molecule has 0 aromatic rings. The lowest BCUT2D eigenvalue weighted by molar-refractivity contribution is -0.158. The maximum absolute atomic E-state index is 11.9. The smallest absolute Gasteiger partial charge is 0.306 e. The molecular weight excluding hydrogens is 316 g/mol. The molecule has 3 saturated carbocycles. The van der Waals surface area contributed by atoms with Gasteiger partial charge in [-0.2, -0.15) is 0 Å². The summed E-state index contributed by atoms with van der Waals surface area (Å²) in [6.45, 7) is 4.49. The molecule has 0 heterocycles. The van der Waals surface area contributed by atoms with Gasteiger partial charge in [-0.1, -0.05) is 19.4 Å². The summed E-state index contributed by atoms with van der Waals surface area (Å²) in [4.78, 5) is 23.2. The van der Waals surface area contributed by atoms with Crippen LogP contribution in [0.4, 0.5) is 0 Å². The molecule has 0 aromatic carbocycles. The van der Waals surface area contributed by atoms with Gasteiger partial charge in [0.05, 0.1) is 12.0 Å². The number of aliphatic hydroxyl groups is 1. The molecule has 4 heteroatoms. The van der Waals surface area contributed by atoms with E-state index in [1.165, 1.54) is 5.57 Å². The Hall–Kier alpha value is -1.16. The van der Waals surface area contributed by atoms with Crippen molar-refractivity contribution in [1.82, 2.24) is 0 Å². The van der Waals surface area contributed by atoms with Crippen molar-refractivity contribution in [3.8, 4) is 0 Å². The van der Waals surface area contributed by atoms with Crippen molar-refractivity contribution in [1.29, 1.82) is 0 Å². The molecule has 4 nitrogen and oxygen atoms in total. The highest BCUT2D eigenvalue weighted by molar-refractivity contribution is 5.91. The van der Waals surface area contributed by atoms with Crippen molar-refractivity contribution in [3.63, 3.8) is 0 Å². The van der Waals surface area contributed by atoms with Gasteiger partial charge in [-0.05, 0) is 79.6 Å². The van der Waals surface area contributed by atoms with Crippen LogP contribution in [-0.4, -0.2) is 27.6 Å². The summed E-state index contributed by atoms with van der Waals surface area (Å²) in [7, 11) is 0. The summed E-state index contributed by atoms with van der Waals surface area (Å²) in [6.07, 6.45) is 8.99. The van der Waals surface area contributed by atoms with Gasteiger partial charge in [-0.25, -0.2) is 0 Å². The standard InChI is InChI=1S/C21H30O4/c1-19-8-5-14(22)11-13(19)3-4-15-16(19)6-9-20(2)17(15)7-10-21(20,25)12-18(23)24/h11,15-17,25H,3-10,12H2,1-2H3,(H,23,24)/t15-,16+,17+,19+,20+,21?/m1/s1. The molecule has 4 aliphatic rings. The third kappa shape index (κ3) is 2.29. The number of hydrogen-bond donors (Lipinski definition) is 2. The number of carbonyl (C=O) groups is 2. The Labute approximate surface area is 149 Å². The number of carbonyl (C=O) groups excluding carboxylic acids is 1. The first-order valence-corrected chi connectivity index (χ1v) is 9.88. The Kier molecular flexibility index (Phi) is 3.74. The van der Waals surface area contributed by atoms with Crippen LogP contribution in [0.2, 0.25) is 0 Å². The number of ketones is 1. The number of rotatable bonds is 2. The van der Waals surface area contributed by atoms with Gasteiger partial charge >= 0.3 is 5.97 Å². The lowest BCUT2D eigenvalue weighted by Crippen LogP contribution is -2.55. The van der Waals surface area contributed by atoms with E-state index in [-0.39, 0.29) is 23.0 Å². The van der Waals surface area contributed by atoms with E-state index < -0.39 is 11.6 Å². The Bertz CT molecular complexity index is 652. The molecule has 0 aromatic heterocycles. The van der Waals surface area contributed by atoms with Crippen molar-refractivity contribution in [2.75, 3.05) is 0 Å². The second-order valence-corrected chi connectivity index (χ2v) is 9.57. The number of carboxylic acid groups (broad SMARTS) is 1. The fraction of sp³-hybridized carbons (Fsp3) is 0.810. The second kappa shape index (κ2) is 5.42. The molecule has 0 spiro atoms. The molecule has 2 N–H and O–H groups in total. The Morgan fingerprint density at radius 1 is 1.12 bits per heavy atom. The largest absolute Gasteiger partial charge is 0.481 e. The van der Waals surface area contributed by atoms with Crippen molar-refractivity contribution >= 4 is 11.8 Å². The van der Waals surface area contributed by atoms with Gasteiger partial charge in [0.2, 0.25) is 0 Å². The first-order valence-electron chi connectivity index (χ1n) is 9.88. The van der Waals surface area contributed by atoms with E-state index in [9.17, 15) is 19.8 Å². The molecule has 1 unspecified atom stereocenters. The molecule has 6 atom stereocenters. The Balaban J connectivity index is 1.66. The van der Waals surface area contributed by atoms with Gasteiger partial charge in [0.1, 0.15) is 0 Å². The molecular formula is C21H30O4. The summed E-state index contributed by atoms with van der Waals surface area (Å²) in [5.41, 5.74) is 0.140. The summed E-state index contributed by atoms with van der Waals surface area (Å²) in [5, 5.41) is 20.5. The van der Waals surface area contributed by atoms with E-state index in [0.29, 0.717) is 30.6 Å². The van der Waals surface area contributed by atoms with Gasteiger partial charge in [-0.15, -0.1) is 0 Å². The van der Waals surface area contributed by atoms with E-state index >= 15 is 0 Å². The summed E-state index contributed by atoms with van der Waals surface area (Å²) >= 11 is 0. The van der Waals surface area contributed by atoms with Crippen molar-refractivity contribution in [3.05, 3.63) is 11.6 Å². The highest BCUT2D eigenvalue weighted by Gasteiger charge is 2.64. The zero-order chi connectivity index (χ0) is 18.0. The van der Waals surface area contributed by atoms with Crippen LogP contribution >= 0.6 is 0 Å². The maximum atomic E-state index is 11.9. The quantitative estimate of drug-likeness (QED) is 0.799. The van der Waals surface area contributed by atoms with Gasteiger partial charge in [0.15, 0.2) is 5.78 Å². The average molecular weight is 346 g/mol. The number of allylic oxidation sites excluding steroid dienone is 1. The maximum Gasteiger partial charge on any atom is 0.306 e. The van der Waals surface area contributed by atoms with E-state index in [2.05, 4.69) is 13.8 Å². The molecule has 0 amide bonds. The monoisotopic (exact) mass is 346 g/mol. The minimum atomic E-state index is -1.06. The number of fused-ring (bicyclic) bond motifs is 5. The van der Waals surface area contributed by atoms with E-state index in [1.807, 2.05) is 6.08 Å². The van der Waals surface area contributed by atoms with Gasteiger partial charge in [0, 0.05) is 6.42 Å². The van der Waals surface area contributed by atoms with Crippen LogP contribution in [0.25, 0.3) is 0 Å². The highest BCUT2D eigenvalue weighted by Crippen LogP contribution is 2.67. The van der Waals surface area contributed by atoms with Crippen LogP contribution in [0, 0.1) is 28.6 Å². The first-order chi connectivity index (χ1) is 11.7. The molecule has 3 fully saturated rings. The van der Waals surface area contributed by atoms with E-state index in [1.54, 1.807) is 0 Å². The fourth-order valence-corrected chi connectivity index (χ4v) is 7.21. The first kappa shape index (κ1) is 17.3. The Morgan fingerprint density at radius 2 is 1.84 bits per heavy atom. The molecule has 4 aliphatic carbocycles.